The Labute approximate surface area is 162 Å². The molecule has 5 nitrogen and oxygen atoms in total. The fourth-order valence-electron chi connectivity index (χ4n) is 4.07. The van der Waals surface area contributed by atoms with E-state index in [1.165, 1.54) is 24.9 Å². The first kappa shape index (κ1) is 19.6. The van der Waals surface area contributed by atoms with E-state index in [9.17, 15) is 0 Å². The van der Waals surface area contributed by atoms with Crippen LogP contribution in [0.4, 0.5) is 0 Å². The Bertz CT molecular complexity index is 708. The molecule has 0 amide bonds. The summed E-state index contributed by atoms with van der Waals surface area (Å²) in [5, 5.41) is 0. The zero-order valence-electron chi connectivity index (χ0n) is 16.7. The molecule has 0 N–H and O–H groups in total. The maximum absolute atomic E-state index is 5.66. The van der Waals surface area contributed by atoms with E-state index in [-0.39, 0.29) is 0 Å². The molecule has 27 heavy (non-hydrogen) atoms. The van der Waals surface area contributed by atoms with E-state index in [0.29, 0.717) is 6.04 Å². The van der Waals surface area contributed by atoms with Gasteiger partial charge in [-0.2, -0.15) is 0 Å². The summed E-state index contributed by atoms with van der Waals surface area (Å²) >= 11 is 0. The number of methoxy groups -OCH3 is 2. The molecule has 0 unspecified atom stereocenters. The normalized spacial score (nSPS) is 17.4. The summed E-state index contributed by atoms with van der Waals surface area (Å²) in [5.41, 5.74) is 2.44. The van der Waals surface area contributed by atoms with E-state index in [1.807, 2.05) is 24.5 Å². The molecule has 146 valence electrons. The SMILES string of the molecule is CCN1CCC[C@@H]1CN(Cc1ccncc1)Cc1cccc(OC)c1OC. The summed E-state index contributed by atoms with van der Waals surface area (Å²) in [7, 11) is 3.40. The van der Waals surface area contributed by atoms with Gasteiger partial charge in [0, 0.05) is 43.6 Å². The van der Waals surface area contributed by atoms with Gasteiger partial charge in [-0.3, -0.25) is 14.8 Å². The van der Waals surface area contributed by atoms with Gasteiger partial charge in [0.25, 0.3) is 0 Å². The standard InChI is InChI=1S/C22H31N3O2/c1-4-25-14-6-8-20(25)17-24(15-18-10-12-23-13-11-18)16-19-7-5-9-21(26-2)22(19)27-3/h5,7,9-13,20H,4,6,8,14-17H2,1-3H3/t20-/m1/s1. The molecule has 0 bridgehead atoms. The second-order valence-electron chi connectivity index (χ2n) is 7.10. The lowest BCUT2D eigenvalue weighted by Crippen LogP contribution is -2.39. The Kier molecular flexibility index (Phi) is 7.07. The first-order valence-electron chi connectivity index (χ1n) is 9.80. The lowest BCUT2D eigenvalue weighted by molar-refractivity contribution is 0.164. The van der Waals surface area contributed by atoms with Gasteiger partial charge in [-0.05, 0) is 49.7 Å². The van der Waals surface area contributed by atoms with Gasteiger partial charge >= 0.3 is 0 Å². The molecule has 0 aliphatic carbocycles. The minimum Gasteiger partial charge on any atom is -0.493 e. The summed E-state index contributed by atoms with van der Waals surface area (Å²) in [6, 6.07) is 10.9. The van der Waals surface area contributed by atoms with Crippen LogP contribution in [0.5, 0.6) is 11.5 Å². The summed E-state index contributed by atoms with van der Waals surface area (Å²) in [4.78, 5) is 9.27. The van der Waals surface area contributed by atoms with E-state index < -0.39 is 0 Å². The molecule has 3 rings (SSSR count). The van der Waals surface area contributed by atoms with E-state index in [2.05, 4.69) is 39.9 Å². The summed E-state index contributed by atoms with van der Waals surface area (Å²) in [5.74, 6) is 1.62. The van der Waals surface area contributed by atoms with Crippen molar-refractivity contribution >= 4 is 0 Å². The van der Waals surface area contributed by atoms with Gasteiger partial charge < -0.3 is 9.47 Å². The number of ether oxygens (including phenoxy) is 2. The zero-order valence-corrected chi connectivity index (χ0v) is 16.7. The van der Waals surface area contributed by atoms with Crippen molar-refractivity contribution in [2.24, 2.45) is 0 Å². The van der Waals surface area contributed by atoms with Crippen LogP contribution < -0.4 is 9.47 Å². The molecule has 1 fully saturated rings. The molecule has 1 saturated heterocycles. The van der Waals surface area contributed by atoms with Crippen LogP contribution in [0.25, 0.3) is 0 Å². The third-order valence-corrected chi connectivity index (χ3v) is 5.41. The van der Waals surface area contributed by atoms with Gasteiger partial charge in [0.1, 0.15) is 0 Å². The number of benzene rings is 1. The number of para-hydroxylation sites is 1. The highest BCUT2D eigenvalue weighted by atomic mass is 16.5. The summed E-state index contributed by atoms with van der Waals surface area (Å²) in [6.45, 7) is 7.38. The van der Waals surface area contributed by atoms with Gasteiger partial charge in [-0.15, -0.1) is 0 Å². The topological polar surface area (TPSA) is 37.8 Å². The second-order valence-corrected chi connectivity index (χ2v) is 7.10. The van der Waals surface area contributed by atoms with Gasteiger partial charge in [0.05, 0.1) is 14.2 Å². The van der Waals surface area contributed by atoms with Crippen LogP contribution in [0.15, 0.2) is 42.7 Å². The monoisotopic (exact) mass is 369 g/mol. The van der Waals surface area contributed by atoms with Crippen LogP contribution in [-0.2, 0) is 13.1 Å². The van der Waals surface area contributed by atoms with E-state index in [0.717, 1.165) is 43.2 Å². The fourth-order valence-corrected chi connectivity index (χ4v) is 4.07. The van der Waals surface area contributed by atoms with Crippen LogP contribution in [0, 0.1) is 0 Å². The molecule has 5 heteroatoms. The van der Waals surface area contributed by atoms with Crippen LogP contribution in [0.1, 0.15) is 30.9 Å². The molecule has 0 spiro atoms. The van der Waals surface area contributed by atoms with Gasteiger partial charge in [-0.1, -0.05) is 19.1 Å². The van der Waals surface area contributed by atoms with Gasteiger partial charge in [-0.25, -0.2) is 0 Å². The average molecular weight is 370 g/mol. The van der Waals surface area contributed by atoms with Crippen molar-refractivity contribution in [3.8, 4) is 11.5 Å². The van der Waals surface area contributed by atoms with E-state index in [4.69, 9.17) is 9.47 Å². The maximum atomic E-state index is 5.66. The maximum Gasteiger partial charge on any atom is 0.165 e. The van der Waals surface area contributed by atoms with Crippen LogP contribution in [0.2, 0.25) is 0 Å². The molecule has 2 aromatic rings. The molecule has 1 aromatic carbocycles. The van der Waals surface area contributed by atoms with E-state index in [1.54, 1.807) is 14.2 Å². The quantitative estimate of drug-likeness (QED) is 0.675. The summed E-state index contributed by atoms with van der Waals surface area (Å²) in [6.07, 6.45) is 6.31. The number of aromatic nitrogens is 1. The highest BCUT2D eigenvalue weighted by Crippen LogP contribution is 2.32. The molecule has 1 aliphatic heterocycles. The van der Waals surface area contributed by atoms with Crippen LogP contribution >= 0.6 is 0 Å². The first-order chi connectivity index (χ1) is 13.2. The Morgan fingerprint density at radius 3 is 2.63 bits per heavy atom. The smallest absolute Gasteiger partial charge is 0.165 e. The lowest BCUT2D eigenvalue weighted by Gasteiger charge is -2.31. The highest BCUT2D eigenvalue weighted by molar-refractivity contribution is 5.46. The van der Waals surface area contributed by atoms with Crippen molar-refractivity contribution in [1.29, 1.82) is 0 Å². The number of likely N-dealkylation sites (N-methyl/N-ethyl adjacent to an activating group) is 1. The van der Waals surface area contributed by atoms with Crippen molar-refractivity contribution < 1.29 is 9.47 Å². The molecule has 0 saturated carbocycles. The average Bonchev–Trinajstić information content (AvgIpc) is 3.15. The number of nitrogens with zero attached hydrogens (tertiary/aromatic N) is 3. The highest BCUT2D eigenvalue weighted by Gasteiger charge is 2.26. The van der Waals surface area contributed by atoms with Crippen molar-refractivity contribution in [1.82, 2.24) is 14.8 Å². The van der Waals surface area contributed by atoms with Gasteiger partial charge in [0.2, 0.25) is 0 Å². The Morgan fingerprint density at radius 1 is 1.11 bits per heavy atom. The molecule has 0 radical (unpaired) electrons. The number of pyridine rings is 1. The third-order valence-electron chi connectivity index (χ3n) is 5.41. The molecule has 2 heterocycles. The molecule has 1 aromatic heterocycles. The Hall–Kier alpha value is -2.11. The van der Waals surface area contributed by atoms with Crippen molar-refractivity contribution in [2.45, 2.75) is 38.9 Å². The predicted molar refractivity (Wildman–Crippen MR) is 108 cm³/mol. The molecule has 1 aliphatic rings. The van der Waals surface area contributed by atoms with Crippen molar-refractivity contribution in [2.75, 3.05) is 33.9 Å². The minimum absolute atomic E-state index is 0.619. The number of hydrogen-bond acceptors (Lipinski definition) is 5. The predicted octanol–water partition coefficient (Wildman–Crippen LogP) is 3.59. The largest absolute Gasteiger partial charge is 0.493 e. The fraction of sp³-hybridized carbons (Fsp3) is 0.500. The van der Waals surface area contributed by atoms with Crippen molar-refractivity contribution in [3.05, 3.63) is 53.9 Å². The Morgan fingerprint density at radius 2 is 1.93 bits per heavy atom. The summed E-state index contributed by atoms with van der Waals surface area (Å²) < 4.78 is 11.1. The van der Waals surface area contributed by atoms with Crippen molar-refractivity contribution in [3.63, 3.8) is 0 Å². The number of rotatable bonds is 9. The lowest BCUT2D eigenvalue weighted by atomic mass is 10.1. The number of likely N-dealkylation sites (tertiary alicyclic amines) is 1. The van der Waals surface area contributed by atoms with Crippen LogP contribution in [-0.4, -0.2) is 54.7 Å². The van der Waals surface area contributed by atoms with Gasteiger partial charge in [0.15, 0.2) is 11.5 Å². The molecule has 1 atom stereocenters. The first-order valence-corrected chi connectivity index (χ1v) is 9.80. The number of hydrogen-bond donors (Lipinski definition) is 0. The zero-order chi connectivity index (χ0) is 19.1. The third kappa shape index (κ3) is 4.99. The Balaban J connectivity index is 1.81. The van der Waals surface area contributed by atoms with Crippen LogP contribution in [0.3, 0.4) is 0 Å². The second kappa shape index (κ2) is 9.72. The van der Waals surface area contributed by atoms with E-state index >= 15 is 0 Å². The minimum atomic E-state index is 0.619. The molecular weight excluding hydrogens is 338 g/mol. The molecular formula is C22H31N3O2.